The molecule has 7 heteroatoms. The van der Waals surface area contributed by atoms with E-state index in [0.717, 1.165) is 60.5 Å². The zero-order valence-corrected chi connectivity index (χ0v) is 18.3. The van der Waals surface area contributed by atoms with Gasteiger partial charge in [0, 0.05) is 43.5 Å². The minimum Gasteiger partial charge on any atom is -0.495 e. The minimum absolute atomic E-state index is 0.906. The number of anilines is 2. The summed E-state index contributed by atoms with van der Waals surface area (Å²) in [7, 11) is 1.73. The van der Waals surface area contributed by atoms with E-state index in [1.54, 1.807) is 18.4 Å². The van der Waals surface area contributed by atoms with Crippen LogP contribution in [-0.2, 0) is 0 Å². The Hall–Kier alpha value is -3.06. The lowest BCUT2D eigenvalue weighted by atomic mass is 10.2. The van der Waals surface area contributed by atoms with E-state index >= 15 is 0 Å². The largest absolute Gasteiger partial charge is 0.495 e. The third kappa shape index (κ3) is 3.19. The number of fused-ring (bicyclic) bond motifs is 1. The van der Waals surface area contributed by atoms with Crippen molar-refractivity contribution in [3.63, 3.8) is 0 Å². The van der Waals surface area contributed by atoms with Crippen molar-refractivity contribution in [2.24, 2.45) is 0 Å². The van der Waals surface area contributed by atoms with Gasteiger partial charge in [-0.3, -0.25) is 0 Å². The van der Waals surface area contributed by atoms with Crippen LogP contribution in [0.25, 0.3) is 16.2 Å². The van der Waals surface area contributed by atoms with Gasteiger partial charge in [0.15, 0.2) is 5.65 Å². The molecule has 3 aromatic heterocycles. The van der Waals surface area contributed by atoms with Crippen LogP contribution in [0, 0.1) is 13.8 Å². The van der Waals surface area contributed by atoms with Crippen molar-refractivity contribution in [1.82, 2.24) is 14.6 Å². The molecule has 1 fully saturated rings. The van der Waals surface area contributed by atoms with Crippen LogP contribution >= 0.6 is 11.3 Å². The summed E-state index contributed by atoms with van der Waals surface area (Å²) in [5, 5.41) is 7.01. The molecule has 4 aromatic rings. The molecule has 0 saturated carbocycles. The van der Waals surface area contributed by atoms with Crippen molar-refractivity contribution in [3.8, 4) is 16.3 Å². The van der Waals surface area contributed by atoms with Crippen molar-refractivity contribution in [1.29, 1.82) is 0 Å². The molecule has 5 rings (SSSR count). The average Bonchev–Trinajstić information content (AvgIpc) is 3.45. The van der Waals surface area contributed by atoms with Crippen molar-refractivity contribution < 1.29 is 4.74 Å². The number of benzene rings is 1. The first-order valence-electron chi connectivity index (χ1n) is 10.2. The van der Waals surface area contributed by atoms with Gasteiger partial charge in [0.1, 0.15) is 17.3 Å². The molecule has 4 heterocycles. The van der Waals surface area contributed by atoms with Crippen LogP contribution in [0.2, 0.25) is 0 Å². The van der Waals surface area contributed by atoms with Crippen LogP contribution in [0.15, 0.2) is 47.8 Å². The molecule has 1 aromatic carbocycles. The van der Waals surface area contributed by atoms with E-state index in [1.165, 1.54) is 10.4 Å². The number of hydrogen-bond donors (Lipinski definition) is 0. The maximum atomic E-state index is 5.56. The Balaban J connectivity index is 1.47. The summed E-state index contributed by atoms with van der Waals surface area (Å²) < 4.78 is 7.59. The molecule has 0 spiro atoms. The fourth-order valence-corrected chi connectivity index (χ4v) is 4.83. The Bertz CT molecular complexity index is 1180. The molecule has 0 amide bonds. The highest BCUT2D eigenvalue weighted by molar-refractivity contribution is 7.13. The number of piperazine rings is 1. The monoisotopic (exact) mass is 419 g/mol. The van der Waals surface area contributed by atoms with E-state index in [2.05, 4.69) is 59.4 Å². The van der Waals surface area contributed by atoms with Crippen molar-refractivity contribution in [2.75, 3.05) is 43.1 Å². The molecule has 1 saturated heterocycles. The quantitative estimate of drug-likeness (QED) is 0.490. The SMILES string of the molecule is COc1ccccc1N1CCN(c2c(C)c(C)nc3cc(-c4cccs4)nn23)CC1. The standard InChI is InChI=1S/C23H25N5OS/c1-16-17(2)24-22-15-18(21-9-6-14-30-21)25-28(22)23(16)27-12-10-26(11-13-27)19-7-4-5-8-20(19)29-3/h4-9,14-15H,10-13H2,1-3H3. The molecule has 30 heavy (non-hydrogen) atoms. The molecule has 154 valence electrons. The van der Waals surface area contributed by atoms with Gasteiger partial charge in [-0.2, -0.15) is 9.61 Å². The van der Waals surface area contributed by atoms with Gasteiger partial charge in [0.25, 0.3) is 0 Å². The number of aryl methyl sites for hydroxylation is 1. The van der Waals surface area contributed by atoms with E-state index in [4.69, 9.17) is 14.8 Å². The Morgan fingerprint density at radius 3 is 2.47 bits per heavy atom. The summed E-state index contributed by atoms with van der Waals surface area (Å²) >= 11 is 1.71. The average molecular weight is 420 g/mol. The van der Waals surface area contributed by atoms with Crippen LogP contribution < -0.4 is 14.5 Å². The first-order valence-corrected chi connectivity index (χ1v) is 11.1. The summed E-state index contributed by atoms with van der Waals surface area (Å²) in [6.45, 7) is 7.94. The fourth-order valence-electron chi connectivity index (χ4n) is 4.15. The molecule has 1 aliphatic rings. The molecule has 0 bridgehead atoms. The van der Waals surface area contributed by atoms with Crippen LogP contribution in [0.5, 0.6) is 5.75 Å². The molecular weight excluding hydrogens is 394 g/mol. The second-order valence-corrected chi connectivity index (χ2v) is 8.52. The topological polar surface area (TPSA) is 45.9 Å². The van der Waals surface area contributed by atoms with Crippen molar-refractivity contribution in [3.05, 3.63) is 59.1 Å². The highest BCUT2D eigenvalue weighted by Gasteiger charge is 2.24. The summed E-state index contributed by atoms with van der Waals surface area (Å²) in [5.74, 6) is 2.08. The van der Waals surface area contributed by atoms with Gasteiger partial charge in [-0.25, -0.2) is 4.98 Å². The first kappa shape index (κ1) is 18.9. The second kappa shape index (κ2) is 7.65. The van der Waals surface area contributed by atoms with Gasteiger partial charge in [0.2, 0.25) is 0 Å². The zero-order valence-electron chi connectivity index (χ0n) is 17.5. The minimum atomic E-state index is 0.906. The van der Waals surface area contributed by atoms with Crippen LogP contribution in [0.3, 0.4) is 0 Å². The van der Waals surface area contributed by atoms with Gasteiger partial charge < -0.3 is 14.5 Å². The molecule has 0 radical (unpaired) electrons. The van der Waals surface area contributed by atoms with E-state index in [0.29, 0.717) is 0 Å². The molecule has 0 aliphatic carbocycles. The summed E-state index contributed by atoms with van der Waals surface area (Å²) in [5.41, 5.74) is 5.29. The molecule has 0 unspecified atom stereocenters. The van der Waals surface area contributed by atoms with Gasteiger partial charge in [-0.1, -0.05) is 18.2 Å². The van der Waals surface area contributed by atoms with E-state index in [-0.39, 0.29) is 0 Å². The fraction of sp³-hybridized carbons (Fsp3) is 0.304. The highest BCUT2D eigenvalue weighted by atomic mass is 32.1. The Morgan fingerprint density at radius 2 is 1.73 bits per heavy atom. The lowest BCUT2D eigenvalue weighted by Gasteiger charge is -2.38. The van der Waals surface area contributed by atoms with Crippen molar-refractivity contribution in [2.45, 2.75) is 13.8 Å². The van der Waals surface area contributed by atoms with Crippen LogP contribution in [0.4, 0.5) is 11.5 Å². The first-order chi connectivity index (χ1) is 14.7. The van der Waals surface area contributed by atoms with Gasteiger partial charge >= 0.3 is 0 Å². The smallest absolute Gasteiger partial charge is 0.158 e. The Kier molecular flexibility index (Phi) is 4.83. The highest BCUT2D eigenvalue weighted by Crippen LogP contribution is 2.32. The second-order valence-electron chi connectivity index (χ2n) is 7.57. The number of para-hydroxylation sites is 2. The predicted octanol–water partition coefficient (Wildman–Crippen LogP) is 4.41. The summed E-state index contributed by atoms with van der Waals surface area (Å²) in [6, 6.07) is 14.5. The van der Waals surface area contributed by atoms with Gasteiger partial charge in [-0.15, -0.1) is 11.3 Å². The number of methoxy groups -OCH3 is 1. The number of rotatable bonds is 4. The maximum Gasteiger partial charge on any atom is 0.158 e. The molecule has 0 N–H and O–H groups in total. The third-order valence-corrected chi connectivity index (χ3v) is 6.72. The number of aromatic nitrogens is 3. The predicted molar refractivity (Wildman–Crippen MR) is 123 cm³/mol. The maximum absolute atomic E-state index is 5.56. The molecular formula is C23H25N5OS. The number of hydrogen-bond acceptors (Lipinski definition) is 6. The molecule has 0 atom stereocenters. The third-order valence-electron chi connectivity index (χ3n) is 5.83. The van der Waals surface area contributed by atoms with Crippen LogP contribution in [-0.4, -0.2) is 47.9 Å². The number of ether oxygens (including phenoxy) is 1. The zero-order chi connectivity index (χ0) is 20.7. The summed E-state index contributed by atoms with van der Waals surface area (Å²) in [4.78, 5) is 10.8. The van der Waals surface area contributed by atoms with E-state index in [1.807, 2.05) is 16.6 Å². The van der Waals surface area contributed by atoms with E-state index < -0.39 is 0 Å². The Morgan fingerprint density at radius 1 is 0.967 bits per heavy atom. The van der Waals surface area contributed by atoms with Crippen molar-refractivity contribution >= 4 is 28.5 Å². The normalized spacial score (nSPS) is 14.5. The molecule has 6 nitrogen and oxygen atoms in total. The van der Waals surface area contributed by atoms with E-state index in [9.17, 15) is 0 Å². The molecule has 1 aliphatic heterocycles. The number of nitrogens with zero attached hydrogens (tertiary/aromatic N) is 5. The Labute approximate surface area is 180 Å². The lowest BCUT2D eigenvalue weighted by molar-refractivity contribution is 0.413. The van der Waals surface area contributed by atoms with Crippen LogP contribution in [0.1, 0.15) is 11.3 Å². The lowest BCUT2D eigenvalue weighted by Crippen LogP contribution is -2.47. The number of thiophene rings is 1. The van der Waals surface area contributed by atoms with Gasteiger partial charge in [-0.05, 0) is 37.4 Å². The van der Waals surface area contributed by atoms with Gasteiger partial charge in [0.05, 0.1) is 17.7 Å². The summed E-state index contributed by atoms with van der Waals surface area (Å²) in [6.07, 6.45) is 0.